The van der Waals surface area contributed by atoms with Gasteiger partial charge >= 0.3 is 6.18 Å². The molecule has 0 radical (unpaired) electrons. The van der Waals surface area contributed by atoms with Gasteiger partial charge in [-0.3, -0.25) is 4.79 Å². The predicted molar refractivity (Wildman–Crippen MR) is 78.3 cm³/mol. The number of hydrogen-bond acceptors (Lipinski definition) is 3. The van der Waals surface area contributed by atoms with Crippen LogP contribution in [0.4, 0.5) is 18.9 Å². The van der Waals surface area contributed by atoms with Gasteiger partial charge in [0.1, 0.15) is 5.70 Å². The number of rotatable bonds is 1. The van der Waals surface area contributed by atoms with Crippen LogP contribution in [0.5, 0.6) is 0 Å². The van der Waals surface area contributed by atoms with Gasteiger partial charge in [-0.25, -0.2) is 0 Å². The van der Waals surface area contributed by atoms with E-state index in [1.54, 1.807) is 6.07 Å². The zero-order valence-electron chi connectivity index (χ0n) is 12.2. The lowest BCUT2D eigenvalue weighted by Crippen LogP contribution is -2.36. The summed E-state index contributed by atoms with van der Waals surface area (Å²) < 4.78 is 40.3. The quantitative estimate of drug-likeness (QED) is 0.778. The minimum absolute atomic E-state index is 0.0114. The molecule has 3 rings (SSSR count). The van der Waals surface area contributed by atoms with E-state index >= 15 is 0 Å². The molecule has 1 aliphatic heterocycles. The number of halogens is 3. The number of hydrogen-bond donors (Lipinski definition) is 0. The molecular weight excluding hydrogens is 305 g/mol. The standard InChI is InChI=1S/C17H13F3N2O/c18-17(19,20)16-8-7-13-14(5-2-6-15(13)23)22(16)12-4-1-3-11(9-12)10-21/h1,3-4,8-9H,2,5-7H2. The molecule has 1 aliphatic carbocycles. The van der Waals surface area contributed by atoms with Crippen molar-refractivity contribution in [1.29, 1.82) is 5.26 Å². The first-order valence-electron chi connectivity index (χ1n) is 7.24. The molecule has 0 spiro atoms. The molecule has 0 atom stereocenters. The average Bonchev–Trinajstić information content (AvgIpc) is 2.53. The van der Waals surface area contributed by atoms with Crippen LogP contribution in [0.1, 0.15) is 31.2 Å². The molecule has 3 nitrogen and oxygen atoms in total. The molecule has 6 heteroatoms. The molecule has 0 saturated heterocycles. The summed E-state index contributed by atoms with van der Waals surface area (Å²) in [6.45, 7) is 0. The first-order chi connectivity index (χ1) is 10.9. The second kappa shape index (κ2) is 5.58. The molecule has 0 bridgehead atoms. The number of ketones is 1. The van der Waals surface area contributed by atoms with Crippen molar-refractivity contribution >= 4 is 11.5 Å². The van der Waals surface area contributed by atoms with E-state index in [1.807, 2.05) is 6.07 Å². The lowest BCUT2D eigenvalue weighted by molar-refractivity contribution is -0.116. The van der Waals surface area contributed by atoms with Crippen molar-refractivity contribution in [3.05, 3.63) is 52.9 Å². The Bertz CT molecular complexity index is 769. The van der Waals surface area contributed by atoms with Crippen LogP contribution in [0, 0.1) is 11.3 Å². The summed E-state index contributed by atoms with van der Waals surface area (Å²) in [5.41, 5.74) is 0.604. The van der Waals surface area contributed by atoms with Crippen LogP contribution in [0.15, 0.2) is 47.3 Å². The Morgan fingerprint density at radius 1 is 1.22 bits per heavy atom. The molecule has 0 fully saturated rings. The molecular formula is C17H13F3N2O. The normalized spacial score (nSPS) is 18.4. The van der Waals surface area contributed by atoms with Crippen LogP contribution in [0.3, 0.4) is 0 Å². The molecule has 0 saturated carbocycles. The largest absolute Gasteiger partial charge is 0.431 e. The van der Waals surface area contributed by atoms with E-state index in [9.17, 15) is 18.0 Å². The summed E-state index contributed by atoms with van der Waals surface area (Å²) in [6, 6.07) is 7.94. The number of alkyl halides is 3. The predicted octanol–water partition coefficient (Wildman–Crippen LogP) is 4.22. The molecule has 0 aromatic heterocycles. The first kappa shape index (κ1) is 15.3. The van der Waals surface area contributed by atoms with E-state index < -0.39 is 11.9 Å². The lowest BCUT2D eigenvalue weighted by Gasteiger charge is -2.37. The van der Waals surface area contributed by atoms with Gasteiger partial charge in [-0.15, -0.1) is 0 Å². The van der Waals surface area contributed by atoms with Crippen molar-refractivity contribution in [2.75, 3.05) is 4.90 Å². The fraction of sp³-hybridized carbons (Fsp3) is 0.294. The van der Waals surface area contributed by atoms with Crippen molar-refractivity contribution in [2.24, 2.45) is 0 Å². The topological polar surface area (TPSA) is 44.1 Å². The van der Waals surface area contributed by atoms with Crippen LogP contribution in [-0.2, 0) is 4.79 Å². The highest BCUT2D eigenvalue weighted by Crippen LogP contribution is 2.43. The highest BCUT2D eigenvalue weighted by molar-refractivity contribution is 5.98. The molecule has 0 N–H and O–H groups in total. The van der Waals surface area contributed by atoms with Crippen LogP contribution in [0.25, 0.3) is 0 Å². The van der Waals surface area contributed by atoms with Gasteiger partial charge in [0, 0.05) is 23.4 Å². The number of carbonyl (C=O) groups is 1. The summed E-state index contributed by atoms with van der Waals surface area (Å²) in [5, 5.41) is 8.99. The Kier molecular flexibility index (Phi) is 3.72. The molecule has 23 heavy (non-hydrogen) atoms. The molecule has 1 heterocycles. The Labute approximate surface area is 131 Å². The second-order valence-electron chi connectivity index (χ2n) is 5.49. The highest BCUT2D eigenvalue weighted by atomic mass is 19.4. The van der Waals surface area contributed by atoms with Gasteiger partial charge in [0.05, 0.1) is 11.6 Å². The fourth-order valence-electron chi connectivity index (χ4n) is 3.04. The minimum atomic E-state index is -4.53. The first-order valence-corrected chi connectivity index (χ1v) is 7.24. The van der Waals surface area contributed by atoms with E-state index in [4.69, 9.17) is 5.26 Å². The third-order valence-corrected chi connectivity index (χ3v) is 4.04. The number of anilines is 1. The van der Waals surface area contributed by atoms with Gasteiger partial charge in [0.25, 0.3) is 0 Å². The van der Waals surface area contributed by atoms with Gasteiger partial charge in [0.2, 0.25) is 0 Å². The average molecular weight is 318 g/mol. The molecule has 0 amide bonds. The van der Waals surface area contributed by atoms with Gasteiger partial charge in [0.15, 0.2) is 5.78 Å². The van der Waals surface area contributed by atoms with E-state index in [2.05, 4.69) is 0 Å². The fourth-order valence-corrected chi connectivity index (χ4v) is 3.04. The maximum absolute atomic E-state index is 13.4. The second-order valence-corrected chi connectivity index (χ2v) is 5.49. The monoisotopic (exact) mass is 318 g/mol. The number of nitrogens with zero attached hydrogens (tertiary/aromatic N) is 2. The van der Waals surface area contributed by atoms with Gasteiger partial charge in [-0.05, 0) is 37.5 Å². The number of benzene rings is 1. The van der Waals surface area contributed by atoms with Gasteiger partial charge in [-0.2, -0.15) is 18.4 Å². The number of Topliss-reactive ketones (excluding diaryl/α,β-unsaturated/α-hetero) is 1. The summed E-state index contributed by atoms with van der Waals surface area (Å²) in [5.74, 6) is -0.0924. The van der Waals surface area contributed by atoms with E-state index in [0.717, 1.165) is 11.0 Å². The van der Waals surface area contributed by atoms with Gasteiger partial charge < -0.3 is 4.90 Å². The van der Waals surface area contributed by atoms with Crippen LogP contribution < -0.4 is 4.90 Å². The maximum atomic E-state index is 13.4. The van der Waals surface area contributed by atoms with Crippen molar-refractivity contribution in [3.63, 3.8) is 0 Å². The number of allylic oxidation sites excluding steroid dienone is 4. The van der Waals surface area contributed by atoms with Crippen LogP contribution >= 0.6 is 0 Å². The molecule has 2 aliphatic rings. The summed E-state index contributed by atoms with van der Waals surface area (Å²) >= 11 is 0. The Hall–Kier alpha value is -2.55. The number of carbonyl (C=O) groups excluding carboxylic acids is 1. The highest BCUT2D eigenvalue weighted by Gasteiger charge is 2.42. The smallest absolute Gasteiger partial charge is 0.310 e. The Morgan fingerprint density at radius 3 is 2.70 bits per heavy atom. The van der Waals surface area contributed by atoms with Crippen LogP contribution in [0.2, 0.25) is 0 Å². The molecule has 1 aromatic carbocycles. The maximum Gasteiger partial charge on any atom is 0.431 e. The SMILES string of the molecule is N#Cc1cccc(N2C(C(F)(F)F)=CCC3=C2CCCC3=O)c1. The summed E-state index contributed by atoms with van der Waals surface area (Å²) in [4.78, 5) is 13.1. The van der Waals surface area contributed by atoms with Crippen molar-refractivity contribution < 1.29 is 18.0 Å². The van der Waals surface area contributed by atoms with Gasteiger partial charge in [-0.1, -0.05) is 12.1 Å². The zero-order valence-corrected chi connectivity index (χ0v) is 12.2. The minimum Gasteiger partial charge on any atom is -0.310 e. The Balaban J connectivity index is 2.16. The third-order valence-electron chi connectivity index (χ3n) is 4.04. The lowest BCUT2D eigenvalue weighted by atomic mass is 9.88. The molecule has 0 unspecified atom stereocenters. The van der Waals surface area contributed by atoms with Crippen LogP contribution in [-0.4, -0.2) is 12.0 Å². The zero-order chi connectivity index (χ0) is 16.6. The van der Waals surface area contributed by atoms with E-state index in [-0.39, 0.29) is 23.5 Å². The van der Waals surface area contributed by atoms with Crippen molar-refractivity contribution in [1.82, 2.24) is 0 Å². The Morgan fingerprint density at radius 2 is 2.00 bits per heavy atom. The van der Waals surface area contributed by atoms with E-state index in [0.29, 0.717) is 30.5 Å². The molecule has 1 aromatic rings. The third kappa shape index (κ3) is 2.74. The van der Waals surface area contributed by atoms with Crippen molar-refractivity contribution in [3.8, 4) is 6.07 Å². The van der Waals surface area contributed by atoms with E-state index in [1.165, 1.54) is 18.2 Å². The summed E-state index contributed by atoms with van der Waals surface area (Å²) in [6.07, 6.45) is -2.12. The molecule has 118 valence electrons. The number of nitriles is 1. The summed E-state index contributed by atoms with van der Waals surface area (Å²) in [7, 11) is 0. The van der Waals surface area contributed by atoms with Crippen molar-refractivity contribution in [2.45, 2.75) is 31.9 Å².